The molecule has 1 aromatic carbocycles. The van der Waals surface area contributed by atoms with Crippen molar-refractivity contribution >= 4 is 29.5 Å². The zero-order valence-corrected chi connectivity index (χ0v) is 9.04. The molecule has 1 rings (SSSR count). The Morgan fingerprint density at radius 1 is 1.23 bits per heavy atom. The van der Waals surface area contributed by atoms with Gasteiger partial charge in [0.05, 0.1) is 5.56 Å². The number of benzene rings is 1. The maximum absolute atomic E-state index is 10.9. The third-order valence-corrected chi connectivity index (χ3v) is 3.20. The molecule has 4 heteroatoms. The number of aromatic carboxylic acids is 1. The SMILES string of the molecule is CSc1cccc(SC)c1C(=O)O. The van der Waals surface area contributed by atoms with Crippen molar-refractivity contribution < 1.29 is 9.90 Å². The van der Waals surface area contributed by atoms with E-state index in [0.717, 1.165) is 9.79 Å². The molecule has 1 N–H and O–H groups in total. The molecule has 0 amide bonds. The van der Waals surface area contributed by atoms with E-state index >= 15 is 0 Å². The van der Waals surface area contributed by atoms with Crippen molar-refractivity contribution in [1.82, 2.24) is 0 Å². The van der Waals surface area contributed by atoms with Gasteiger partial charge >= 0.3 is 5.97 Å². The van der Waals surface area contributed by atoms with Crippen LogP contribution in [-0.2, 0) is 0 Å². The molecule has 13 heavy (non-hydrogen) atoms. The second-order valence-corrected chi connectivity index (χ2v) is 4.04. The smallest absolute Gasteiger partial charge is 0.337 e. The van der Waals surface area contributed by atoms with Gasteiger partial charge in [0.2, 0.25) is 0 Å². The molecule has 70 valence electrons. The molecule has 2 nitrogen and oxygen atoms in total. The van der Waals surface area contributed by atoms with Crippen molar-refractivity contribution in [2.75, 3.05) is 12.5 Å². The number of thioether (sulfide) groups is 2. The van der Waals surface area contributed by atoms with Crippen LogP contribution in [0.4, 0.5) is 0 Å². The molecule has 0 aliphatic carbocycles. The summed E-state index contributed by atoms with van der Waals surface area (Å²) in [6.07, 6.45) is 3.76. The second-order valence-electron chi connectivity index (χ2n) is 2.34. The first-order valence-electron chi connectivity index (χ1n) is 3.65. The number of carboxylic acid groups (broad SMARTS) is 1. The van der Waals surface area contributed by atoms with Crippen LogP contribution in [0.3, 0.4) is 0 Å². The van der Waals surface area contributed by atoms with Gasteiger partial charge in [-0.1, -0.05) is 6.07 Å². The first kappa shape index (κ1) is 10.5. The Bertz CT molecular complexity index is 301. The molecular weight excluding hydrogens is 204 g/mol. The van der Waals surface area contributed by atoms with Gasteiger partial charge in [0.25, 0.3) is 0 Å². The monoisotopic (exact) mass is 214 g/mol. The summed E-state index contributed by atoms with van der Waals surface area (Å²) in [5.74, 6) is -0.852. The molecule has 0 atom stereocenters. The van der Waals surface area contributed by atoms with Gasteiger partial charge in [-0.25, -0.2) is 4.79 Å². The van der Waals surface area contributed by atoms with Crippen LogP contribution in [0, 0.1) is 0 Å². The van der Waals surface area contributed by atoms with E-state index in [2.05, 4.69) is 0 Å². The summed E-state index contributed by atoms with van der Waals surface area (Å²) in [6, 6.07) is 5.53. The van der Waals surface area contributed by atoms with Crippen molar-refractivity contribution in [3.63, 3.8) is 0 Å². The number of hydrogen-bond acceptors (Lipinski definition) is 3. The summed E-state index contributed by atoms with van der Waals surface area (Å²) >= 11 is 2.92. The van der Waals surface area contributed by atoms with Crippen LogP contribution in [0.15, 0.2) is 28.0 Å². The van der Waals surface area contributed by atoms with Gasteiger partial charge in [-0.2, -0.15) is 0 Å². The third kappa shape index (κ3) is 2.19. The molecule has 0 aliphatic rings. The van der Waals surface area contributed by atoms with Gasteiger partial charge in [-0.15, -0.1) is 23.5 Å². The van der Waals surface area contributed by atoms with Crippen LogP contribution in [-0.4, -0.2) is 23.6 Å². The lowest BCUT2D eigenvalue weighted by Gasteiger charge is -2.06. The van der Waals surface area contributed by atoms with Crippen LogP contribution < -0.4 is 0 Å². The number of rotatable bonds is 3. The average molecular weight is 214 g/mol. The minimum atomic E-state index is -0.852. The van der Waals surface area contributed by atoms with Gasteiger partial charge < -0.3 is 5.11 Å². The lowest BCUT2D eigenvalue weighted by Crippen LogP contribution is -2.00. The summed E-state index contributed by atoms with van der Waals surface area (Å²) in [6.45, 7) is 0. The van der Waals surface area contributed by atoms with Gasteiger partial charge in [-0.3, -0.25) is 0 Å². The summed E-state index contributed by atoms with van der Waals surface area (Å²) in [5, 5.41) is 8.98. The van der Waals surface area contributed by atoms with E-state index in [1.54, 1.807) is 0 Å². The van der Waals surface area contributed by atoms with Crippen LogP contribution in [0.2, 0.25) is 0 Å². The summed E-state index contributed by atoms with van der Waals surface area (Å²) in [7, 11) is 0. The predicted octanol–water partition coefficient (Wildman–Crippen LogP) is 2.83. The summed E-state index contributed by atoms with van der Waals surface area (Å²) in [5.41, 5.74) is 0.419. The van der Waals surface area contributed by atoms with E-state index in [-0.39, 0.29) is 0 Å². The van der Waals surface area contributed by atoms with Crippen LogP contribution in [0.5, 0.6) is 0 Å². The fourth-order valence-corrected chi connectivity index (χ4v) is 2.36. The Morgan fingerprint density at radius 3 is 2.00 bits per heavy atom. The minimum Gasteiger partial charge on any atom is -0.478 e. The fraction of sp³-hybridized carbons (Fsp3) is 0.222. The molecule has 0 spiro atoms. The molecule has 0 aliphatic heterocycles. The fourth-order valence-electron chi connectivity index (χ4n) is 1.06. The highest BCUT2D eigenvalue weighted by atomic mass is 32.2. The first-order chi connectivity index (χ1) is 6.20. The molecule has 0 unspecified atom stereocenters. The molecule has 0 saturated carbocycles. The summed E-state index contributed by atoms with van der Waals surface area (Å²) in [4.78, 5) is 12.6. The van der Waals surface area contributed by atoms with E-state index in [9.17, 15) is 4.79 Å². The predicted molar refractivity (Wildman–Crippen MR) is 57.0 cm³/mol. The third-order valence-electron chi connectivity index (χ3n) is 1.64. The maximum atomic E-state index is 10.9. The number of hydrogen-bond donors (Lipinski definition) is 1. The van der Waals surface area contributed by atoms with Gasteiger partial charge in [0, 0.05) is 9.79 Å². The Balaban J connectivity index is 3.29. The van der Waals surface area contributed by atoms with Gasteiger partial charge in [0.1, 0.15) is 0 Å². The Labute approximate surface area is 85.7 Å². The Hall–Kier alpha value is -0.610. The molecule has 0 bridgehead atoms. The van der Waals surface area contributed by atoms with Gasteiger partial charge in [0.15, 0.2) is 0 Å². The molecule has 0 saturated heterocycles. The topological polar surface area (TPSA) is 37.3 Å². The molecule has 1 aromatic rings. The quantitative estimate of drug-likeness (QED) is 0.785. The molecular formula is C9H10O2S2. The minimum absolute atomic E-state index is 0.419. The van der Waals surface area contributed by atoms with E-state index in [1.807, 2.05) is 30.7 Å². The van der Waals surface area contributed by atoms with Gasteiger partial charge in [-0.05, 0) is 24.6 Å². The van der Waals surface area contributed by atoms with Crippen LogP contribution in [0.1, 0.15) is 10.4 Å². The van der Waals surface area contributed by atoms with Crippen molar-refractivity contribution in [3.8, 4) is 0 Å². The lowest BCUT2D eigenvalue weighted by molar-refractivity contribution is 0.0689. The highest BCUT2D eigenvalue weighted by Crippen LogP contribution is 2.28. The lowest BCUT2D eigenvalue weighted by atomic mass is 10.2. The highest BCUT2D eigenvalue weighted by Gasteiger charge is 2.13. The van der Waals surface area contributed by atoms with E-state index in [0.29, 0.717) is 5.56 Å². The number of carboxylic acids is 1. The van der Waals surface area contributed by atoms with Crippen molar-refractivity contribution in [1.29, 1.82) is 0 Å². The average Bonchev–Trinajstić information content (AvgIpc) is 2.16. The Morgan fingerprint density at radius 2 is 1.69 bits per heavy atom. The van der Waals surface area contributed by atoms with Crippen molar-refractivity contribution in [3.05, 3.63) is 23.8 Å². The zero-order chi connectivity index (χ0) is 9.84. The second kappa shape index (κ2) is 4.58. The van der Waals surface area contributed by atoms with Crippen LogP contribution >= 0.6 is 23.5 Å². The van der Waals surface area contributed by atoms with Crippen molar-refractivity contribution in [2.24, 2.45) is 0 Å². The first-order valence-corrected chi connectivity index (χ1v) is 6.10. The van der Waals surface area contributed by atoms with E-state index in [1.165, 1.54) is 23.5 Å². The molecule has 0 fully saturated rings. The van der Waals surface area contributed by atoms with E-state index < -0.39 is 5.97 Å². The Kier molecular flexibility index (Phi) is 3.69. The molecule has 0 heterocycles. The molecule has 0 aromatic heterocycles. The number of carbonyl (C=O) groups is 1. The standard InChI is InChI=1S/C9H10O2S2/c1-12-6-4-3-5-7(13-2)8(6)9(10)11/h3-5H,1-2H3,(H,10,11). The van der Waals surface area contributed by atoms with Crippen molar-refractivity contribution in [2.45, 2.75) is 9.79 Å². The van der Waals surface area contributed by atoms with Crippen LogP contribution in [0.25, 0.3) is 0 Å². The largest absolute Gasteiger partial charge is 0.478 e. The highest BCUT2D eigenvalue weighted by molar-refractivity contribution is 7.99. The van der Waals surface area contributed by atoms with E-state index in [4.69, 9.17) is 5.11 Å². The maximum Gasteiger partial charge on any atom is 0.337 e. The normalized spacial score (nSPS) is 10.0. The molecule has 0 radical (unpaired) electrons. The summed E-state index contributed by atoms with van der Waals surface area (Å²) < 4.78 is 0. The zero-order valence-electron chi connectivity index (χ0n) is 7.40.